The highest BCUT2D eigenvalue weighted by molar-refractivity contribution is 5.53. The number of anilines is 2. The van der Waals surface area contributed by atoms with Gasteiger partial charge < -0.3 is 10.6 Å². The van der Waals surface area contributed by atoms with E-state index in [4.69, 9.17) is 5.73 Å². The van der Waals surface area contributed by atoms with E-state index in [0.717, 1.165) is 11.5 Å². The van der Waals surface area contributed by atoms with Crippen molar-refractivity contribution < 1.29 is 13.2 Å². The summed E-state index contributed by atoms with van der Waals surface area (Å²) in [4.78, 5) is 6.49. The Morgan fingerprint density at radius 2 is 1.71 bits per heavy atom. The summed E-state index contributed by atoms with van der Waals surface area (Å²) >= 11 is 0. The molecule has 0 aliphatic carbocycles. The first kappa shape index (κ1) is 15.9. The quantitative estimate of drug-likeness (QED) is 0.859. The van der Waals surface area contributed by atoms with Gasteiger partial charge in [0.25, 0.3) is 0 Å². The van der Waals surface area contributed by atoms with Crippen LogP contribution in [0, 0.1) is 5.92 Å². The Kier molecular flexibility index (Phi) is 4.08. The molecule has 1 saturated heterocycles. The summed E-state index contributed by atoms with van der Waals surface area (Å²) < 4.78 is 38.1. The molecule has 118 valence electrons. The summed E-state index contributed by atoms with van der Waals surface area (Å²) in [6, 6.07) is 3.58. The van der Waals surface area contributed by atoms with Gasteiger partial charge in [-0.05, 0) is 25.0 Å². The molecule has 2 N–H and O–H groups in total. The molecule has 1 aromatic rings. The topological polar surface area (TPSA) is 42.2 Å². The maximum absolute atomic E-state index is 12.7. The zero-order valence-electron chi connectivity index (χ0n) is 12.7. The second-order valence-corrected chi connectivity index (χ2v) is 6.66. The molecule has 2 rings (SSSR count). The van der Waals surface area contributed by atoms with Crippen LogP contribution in [0.25, 0.3) is 0 Å². The lowest BCUT2D eigenvalue weighted by Gasteiger charge is -2.34. The first-order chi connectivity index (χ1) is 9.59. The number of nitrogens with two attached hydrogens (primary N) is 1. The zero-order valence-corrected chi connectivity index (χ0v) is 12.7. The van der Waals surface area contributed by atoms with Crippen molar-refractivity contribution in [2.24, 2.45) is 5.92 Å². The Hall–Kier alpha value is -1.46. The Balaban J connectivity index is 2.14. The van der Waals surface area contributed by atoms with E-state index in [1.807, 2.05) is 25.7 Å². The van der Waals surface area contributed by atoms with Crippen molar-refractivity contribution in [3.63, 3.8) is 0 Å². The lowest BCUT2D eigenvalue weighted by molar-refractivity contribution is -0.179. The molecule has 0 bridgehead atoms. The first-order valence-electron chi connectivity index (χ1n) is 7.17. The van der Waals surface area contributed by atoms with Crippen LogP contribution >= 0.6 is 0 Å². The lowest BCUT2D eigenvalue weighted by Crippen LogP contribution is -2.39. The van der Waals surface area contributed by atoms with Crippen molar-refractivity contribution >= 4 is 11.5 Å². The minimum atomic E-state index is -4.09. The molecular formula is C15H22F3N3. The normalized spacial score (nSPS) is 18.1. The predicted molar refractivity (Wildman–Crippen MR) is 78.3 cm³/mol. The van der Waals surface area contributed by atoms with Crippen molar-refractivity contribution in [2.45, 2.75) is 45.2 Å². The fraction of sp³-hybridized carbons (Fsp3) is 0.667. The van der Waals surface area contributed by atoms with E-state index in [-0.39, 0.29) is 18.3 Å². The van der Waals surface area contributed by atoms with Gasteiger partial charge in [-0.15, -0.1) is 0 Å². The molecule has 0 aromatic carbocycles. The van der Waals surface area contributed by atoms with E-state index in [9.17, 15) is 13.2 Å². The highest BCUT2D eigenvalue weighted by atomic mass is 19.4. The summed E-state index contributed by atoms with van der Waals surface area (Å²) in [5, 5.41) is 0. The van der Waals surface area contributed by atoms with Gasteiger partial charge in [-0.3, -0.25) is 0 Å². The summed E-state index contributed by atoms with van der Waals surface area (Å²) in [7, 11) is 0. The fourth-order valence-electron chi connectivity index (χ4n) is 2.67. The largest absolute Gasteiger partial charge is 0.397 e. The lowest BCUT2D eigenvalue weighted by atomic mass is 9.90. The number of pyridine rings is 1. The molecule has 21 heavy (non-hydrogen) atoms. The second kappa shape index (κ2) is 5.39. The van der Waals surface area contributed by atoms with E-state index >= 15 is 0 Å². The third-order valence-electron chi connectivity index (χ3n) is 3.90. The van der Waals surface area contributed by atoms with Crippen LogP contribution in [0.5, 0.6) is 0 Å². The second-order valence-electron chi connectivity index (χ2n) is 6.66. The summed E-state index contributed by atoms with van der Waals surface area (Å²) in [6.45, 7) is 6.82. The molecule has 2 heterocycles. The van der Waals surface area contributed by atoms with Crippen molar-refractivity contribution in [1.29, 1.82) is 0 Å². The van der Waals surface area contributed by atoms with E-state index in [2.05, 4.69) is 4.98 Å². The minimum absolute atomic E-state index is 0.125. The molecule has 0 amide bonds. The molecule has 0 unspecified atom stereocenters. The van der Waals surface area contributed by atoms with Gasteiger partial charge in [-0.25, -0.2) is 4.98 Å². The summed E-state index contributed by atoms with van der Waals surface area (Å²) in [5.74, 6) is -0.473. The molecule has 0 spiro atoms. The average Bonchev–Trinajstić information content (AvgIpc) is 2.37. The van der Waals surface area contributed by atoms with Crippen LogP contribution in [0.3, 0.4) is 0 Å². The van der Waals surface area contributed by atoms with Gasteiger partial charge in [0.15, 0.2) is 0 Å². The van der Waals surface area contributed by atoms with Crippen LogP contribution in [-0.4, -0.2) is 24.2 Å². The summed E-state index contributed by atoms with van der Waals surface area (Å²) in [5.41, 5.74) is 7.18. The van der Waals surface area contributed by atoms with Crippen molar-refractivity contribution in [1.82, 2.24) is 4.98 Å². The van der Waals surface area contributed by atoms with Gasteiger partial charge in [0, 0.05) is 18.5 Å². The third-order valence-corrected chi connectivity index (χ3v) is 3.90. The van der Waals surface area contributed by atoms with Crippen molar-refractivity contribution in [3.8, 4) is 0 Å². The van der Waals surface area contributed by atoms with Gasteiger partial charge in [0.1, 0.15) is 5.82 Å². The molecule has 0 radical (unpaired) electrons. The smallest absolute Gasteiger partial charge is 0.391 e. The number of nitrogens with zero attached hydrogens (tertiary/aromatic N) is 2. The number of aromatic nitrogens is 1. The van der Waals surface area contributed by atoms with Crippen LogP contribution in [0.15, 0.2) is 12.1 Å². The zero-order chi connectivity index (χ0) is 15.8. The number of piperidine rings is 1. The predicted octanol–water partition coefficient (Wildman–Crippen LogP) is 3.74. The first-order valence-corrected chi connectivity index (χ1v) is 7.17. The number of alkyl halides is 3. The molecule has 1 fully saturated rings. The van der Waals surface area contributed by atoms with Crippen molar-refractivity contribution in [3.05, 3.63) is 17.8 Å². The average molecular weight is 301 g/mol. The highest BCUT2D eigenvalue weighted by Gasteiger charge is 2.41. The van der Waals surface area contributed by atoms with Gasteiger partial charge in [-0.2, -0.15) is 13.2 Å². The molecule has 0 atom stereocenters. The summed E-state index contributed by atoms with van der Waals surface area (Å²) in [6.07, 6.45) is -3.84. The molecule has 0 saturated carbocycles. The van der Waals surface area contributed by atoms with E-state index in [1.165, 1.54) is 0 Å². The Morgan fingerprint density at radius 3 is 2.19 bits per heavy atom. The van der Waals surface area contributed by atoms with Crippen molar-refractivity contribution in [2.75, 3.05) is 23.7 Å². The Bertz CT molecular complexity index is 498. The number of halogens is 3. The van der Waals surface area contributed by atoms with Gasteiger partial charge in [-0.1, -0.05) is 20.8 Å². The van der Waals surface area contributed by atoms with E-state index in [1.54, 1.807) is 12.1 Å². The number of rotatable bonds is 1. The minimum Gasteiger partial charge on any atom is -0.397 e. The number of hydrogen-bond donors (Lipinski definition) is 1. The van der Waals surface area contributed by atoms with Gasteiger partial charge in [0.05, 0.1) is 17.3 Å². The maximum atomic E-state index is 12.7. The number of nitrogen functional groups attached to an aromatic ring is 1. The van der Waals surface area contributed by atoms with Gasteiger partial charge >= 0.3 is 6.18 Å². The standard InChI is InChI=1S/C15H22F3N3/c1-14(2,3)13-11(19)4-5-12(20-13)21-8-6-10(7-9-21)15(16,17)18/h4-5,10H,6-9,19H2,1-3H3. The van der Waals surface area contributed by atoms with Crippen LogP contribution in [0.4, 0.5) is 24.7 Å². The number of hydrogen-bond acceptors (Lipinski definition) is 3. The molecule has 1 aromatic heterocycles. The molecule has 1 aliphatic rings. The molecular weight excluding hydrogens is 279 g/mol. The Labute approximate surface area is 123 Å². The Morgan fingerprint density at radius 1 is 1.14 bits per heavy atom. The van der Waals surface area contributed by atoms with Crippen LogP contribution < -0.4 is 10.6 Å². The highest BCUT2D eigenvalue weighted by Crippen LogP contribution is 2.36. The molecule has 1 aliphatic heterocycles. The van der Waals surface area contributed by atoms with Crippen LogP contribution in [0.2, 0.25) is 0 Å². The van der Waals surface area contributed by atoms with Gasteiger partial charge in [0.2, 0.25) is 0 Å². The molecule has 6 heteroatoms. The van der Waals surface area contributed by atoms with E-state index < -0.39 is 12.1 Å². The third kappa shape index (κ3) is 3.60. The maximum Gasteiger partial charge on any atom is 0.391 e. The van der Waals surface area contributed by atoms with Crippen LogP contribution in [0.1, 0.15) is 39.3 Å². The monoisotopic (exact) mass is 301 g/mol. The molecule has 3 nitrogen and oxygen atoms in total. The van der Waals surface area contributed by atoms with Crippen LogP contribution in [-0.2, 0) is 5.41 Å². The SMILES string of the molecule is CC(C)(C)c1nc(N2CCC(C(F)(F)F)CC2)ccc1N. The van der Waals surface area contributed by atoms with E-state index in [0.29, 0.717) is 18.8 Å². The fourth-order valence-corrected chi connectivity index (χ4v) is 2.67.